The van der Waals surface area contributed by atoms with E-state index in [9.17, 15) is 14.4 Å². The van der Waals surface area contributed by atoms with Crippen molar-refractivity contribution in [3.8, 4) is 0 Å². The highest BCUT2D eigenvalue weighted by molar-refractivity contribution is 8.00. The van der Waals surface area contributed by atoms with Gasteiger partial charge < -0.3 is 14.6 Å². The minimum Gasteiger partial charge on any atom is -0.464 e. The van der Waals surface area contributed by atoms with Gasteiger partial charge in [0.25, 0.3) is 0 Å². The molecule has 0 unspecified atom stereocenters. The maximum absolute atomic E-state index is 12.8. The van der Waals surface area contributed by atoms with E-state index in [0.29, 0.717) is 31.6 Å². The van der Waals surface area contributed by atoms with Crippen LogP contribution < -0.4 is 5.69 Å². The van der Waals surface area contributed by atoms with Gasteiger partial charge in [0.15, 0.2) is 0 Å². The Labute approximate surface area is 183 Å². The van der Waals surface area contributed by atoms with E-state index in [4.69, 9.17) is 4.74 Å². The summed E-state index contributed by atoms with van der Waals surface area (Å²) in [6.07, 6.45) is 1.66. The lowest BCUT2D eigenvalue weighted by Gasteiger charge is -2.33. The number of imidazole rings is 1. The summed E-state index contributed by atoms with van der Waals surface area (Å²) < 4.78 is 7.19. The number of nitrogens with one attached hydrogen (secondary N) is 1. The number of carbonyl (C=O) groups excluding carboxylic acids is 2. The number of esters is 1. The molecule has 3 heterocycles. The van der Waals surface area contributed by atoms with Crippen molar-refractivity contribution in [3.63, 3.8) is 0 Å². The minimum atomic E-state index is -0.573. The van der Waals surface area contributed by atoms with Gasteiger partial charge in [-0.2, -0.15) is 0 Å². The van der Waals surface area contributed by atoms with Crippen LogP contribution in [0.2, 0.25) is 0 Å². The molecule has 31 heavy (non-hydrogen) atoms. The van der Waals surface area contributed by atoms with Crippen LogP contribution >= 0.6 is 11.8 Å². The molecule has 0 radical (unpaired) electrons. The van der Waals surface area contributed by atoms with Crippen molar-refractivity contribution >= 4 is 34.7 Å². The number of hydrogen-bond donors (Lipinski definition) is 1. The lowest BCUT2D eigenvalue weighted by atomic mass is 10.0. The fourth-order valence-electron chi connectivity index (χ4n) is 4.64. The largest absolute Gasteiger partial charge is 0.464 e. The number of para-hydroxylation sites is 2. The van der Waals surface area contributed by atoms with Crippen LogP contribution in [-0.2, 0) is 25.7 Å². The van der Waals surface area contributed by atoms with E-state index in [0.717, 1.165) is 16.6 Å². The molecular formula is C23H23N3O4S. The van der Waals surface area contributed by atoms with Crippen molar-refractivity contribution in [2.45, 2.75) is 36.7 Å². The summed E-state index contributed by atoms with van der Waals surface area (Å²) in [5, 5.41) is 0. The zero-order valence-electron chi connectivity index (χ0n) is 17.0. The number of carbonyl (C=O) groups is 2. The normalized spacial score (nSPS) is 22.8. The molecule has 2 aromatic carbocycles. The van der Waals surface area contributed by atoms with Gasteiger partial charge in [-0.25, -0.2) is 9.59 Å². The quantitative estimate of drug-likeness (QED) is 0.474. The van der Waals surface area contributed by atoms with Gasteiger partial charge in [-0.15, -0.1) is 11.8 Å². The number of H-pyrrole nitrogens is 1. The SMILES string of the molecule is O=C(OCCCn1c(=O)[nH]c2ccccc21)[C@@H]1CS[C@@]2(c3ccccc3)CCC(=O)N12. The highest BCUT2D eigenvalue weighted by Gasteiger charge is 2.57. The summed E-state index contributed by atoms with van der Waals surface area (Å²) in [5.41, 5.74) is 2.51. The van der Waals surface area contributed by atoms with Crippen LogP contribution in [0.25, 0.3) is 11.0 Å². The van der Waals surface area contributed by atoms with Gasteiger partial charge in [0.2, 0.25) is 5.91 Å². The predicted molar refractivity (Wildman–Crippen MR) is 119 cm³/mol. The summed E-state index contributed by atoms with van der Waals surface area (Å²) in [6, 6.07) is 16.8. The number of fused-ring (bicyclic) bond motifs is 2. The molecule has 0 spiro atoms. The van der Waals surface area contributed by atoms with Gasteiger partial charge in [0.1, 0.15) is 10.9 Å². The van der Waals surface area contributed by atoms with Crippen LogP contribution in [0.5, 0.6) is 0 Å². The smallest absolute Gasteiger partial charge is 0.329 e. The molecule has 3 aromatic rings. The standard InChI is InChI=1S/C23H23N3O4S/c27-20-11-12-23(16-7-2-1-3-8-16)26(20)19(15-31-23)21(28)30-14-6-13-25-18-10-5-4-9-17(18)24-22(25)29/h1-5,7-10,19H,6,11-15H2,(H,24,29)/t19-,23+/m0/s1. The molecule has 7 nitrogen and oxygen atoms in total. The fourth-order valence-corrected chi connectivity index (χ4v) is 6.27. The lowest BCUT2D eigenvalue weighted by Crippen LogP contribution is -2.46. The molecule has 5 rings (SSSR count). The Morgan fingerprint density at radius 3 is 2.74 bits per heavy atom. The zero-order valence-corrected chi connectivity index (χ0v) is 17.8. The number of aromatic amines is 1. The Morgan fingerprint density at radius 2 is 1.90 bits per heavy atom. The van der Waals surface area contributed by atoms with Crippen molar-refractivity contribution < 1.29 is 14.3 Å². The molecule has 1 N–H and O–H groups in total. The number of amides is 1. The number of aromatic nitrogens is 2. The lowest BCUT2D eigenvalue weighted by molar-refractivity contribution is -0.154. The predicted octanol–water partition coefficient (Wildman–Crippen LogP) is 2.85. The molecule has 2 fully saturated rings. The number of hydrogen-bond acceptors (Lipinski definition) is 5. The van der Waals surface area contributed by atoms with E-state index in [1.807, 2.05) is 54.6 Å². The van der Waals surface area contributed by atoms with Crippen molar-refractivity contribution in [3.05, 3.63) is 70.6 Å². The van der Waals surface area contributed by atoms with Gasteiger partial charge >= 0.3 is 11.7 Å². The van der Waals surface area contributed by atoms with Gasteiger partial charge in [-0.1, -0.05) is 42.5 Å². The van der Waals surface area contributed by atoms with E-state index in [2.05, 4.69) is 4.98 Å². The van der Waals surface area contributed by atoms with Crippen molar-refractivity contribution in [2.24, 2.45) is 0 Å². The Balaban J connectivity index is 1.23. The van der Waals surface area contributed by atoms with Crippen molar-refractivity contribution in [1.82, 2.24) is 14.5 Å². The summed E-state index contributed by atoms with van der Waals surface area (Å²) in [5.74, 6) is 0.162. The summed E-state index contributed by atoms with van der Waals surface area (Å²) in [4.78, 5) is 41.7. The molecule has 2 saturated heterocycles. The molecule has 2 atom stereocenters. The number of aryl methyl sites for hydroxylation is 1. The van der Waals surface area contributed by atoms with E-state index >= 15 is 0 Å². The van der Waals surface area contributed by atoms with E-state index in [-0.39, 0.29) is 24.2 Å². The first-order chi connectivity index (χ1) is 15.1. The molecular weight excluding hydrogens is 414 g/mol. The fraction of sp³-hybridized carbons (Fsp3) is 0.348. The molecule has 1 amide bonds. The summed E-state index contributed by atoms with van der Waals surface area (Å²) in [6.45, 7) is 0.651. The first kappa shape index (κ1) is 19.9. The first-order valence-electron chi connectivity index (χ1n) is 10.5. The second kappa shape index (κ2) is 7.92. The van der Waals surface area contributed by atoms with E-state index < -0.39 is 10.9 Å². The summed E-state index contributed by atoms with van der Waals surface area (Å²) >= 11 is 1.65. The highest BCUT2D eigenvalue weighted by Crippen LogP contribution is 2.54. The average Bonchev–Trinajstić information content (AvgIpc) is 3.44. The molecule has 8 heteroatoms. The monoisotopic (exact) mass is 437 g/mol. The Hall–Kier alpha value is -3.00. The maximum Gasteiger partial charge on any atom is 0.329 e. The van der Waals surface area contributed by atoms with Gasteiger partial charge in [0.05, 0.1) is 17.6 Å². The van der Waals surface area contributed by atoms with Crippen LogP contribution in [0.15, 0.2) is 59.4 Å². The van der Waals surface area contributed by atoms with E-state index in [1.165, 1.54) is 0 Å². The first-order valence-corrected chi connectivity index (χ1v) is 11.4. The zero-order chi connectivity index (χ0) is 21.4. The second-order valence-electron chi connectivity index (χ2n) is 7.86. The summed E-state index contributed by atoms with van der Waals surface area (Å²) in [7, 11) is 0. The average molecular weight is 438 g/mol. The van der Waals surface area contributed by atoms with Gasteiger partial charge in [0, 0.05) is 18.7 Å². The Morgan fingerprint density at radius 1 is 1.13 bits per heavy atom. The molecule has 0 aliphatic carbocycles. The maximum atomic E-state index is 12.8. The third kappa shape index (κ3) is 3.35. The van der Waals surface area contributed by atoms with Crippen LogP contribution in [0.4, 0.5) is 0 Å². The number of rotatable bonds is 6. The van der Waals surface area contributed by atoms with Crippen LogP contribution in [0, 0.1) is 0 Å². The van der Waals surface area contributed by atoms with Crippen LogP contribution in [-0.4, -0.2) is 44.7 Å². The van der Waals surface area contributed by atoms with Crippen molar-refractivity contribution in [2.75, 3.05) is 12.4 Å². The number of nitrogens with zero attached hydrogens (tertiary/aromatic N) is 2. The molecule has 2 aliphatic heterocycles. The third-order valence-electron chi connectivity index (χ3n) is 6.08. The highest BCUT2D eigenvalue weighted by atomic mass is 32.2. The Bertz CT molecular complexity index is 1190. The number of benzene rings is 2. The van der Waals surface area contributed by atoms with Gasteiger partial charge in [-0.3, -0.25) is 9.36 Å². The second-order valence-corrected chi connectivity index (χ2v) is 9.16. The molecule has 0 bridgehead atoms. The minimum absolute atomic E-state index is 0.00106. The van der Waals surface area contributed by atoms with Gasteiger partial charge in [-0.05, 0) is 30.5 Å². The Kier molecular flexibility index (Phi) is 5.09. The topological polar surface area (TPSA) is 84.4 Å². The number of thioether (sulfide) groups is 1. The molecule has 160 valence electrons. The third-order valence-corrected chi connectivity index (χ3v) is 7.67. The molecule has 2 aliphatic rings. The number of ether oxygens (including phenoxy) is 1. The van der Waals surface area contributed by atoms with E-state index in [1.54, 1.807) is 21.2 Å². The van der Waals surface area contributed by atoms with Crippen molar-refractivity contribution in [1.29, 1.82) is 0 Å². The van der Waals surface area contributed by atoms with Crippen LogP contribution in [0.3, 0.4) is 0 Å². The molecule has 0 saturated carbocycles. The van der Waals surface area contributed by atoms with Crippen LogP contribution in [0.1, 0.15) is 24.8 Å². The molecule has 1 aromatic heterocycles.